The summed E-state index contributed by atoms with van der Waals surface area (Å²) in [6.07, 6.45) is 4.89. The minimum Gasteiger partial charge on any atom is -0.496 e. The van der Waals surface area contributed by atoms with E-state index < -0.39 is 0 Å². The van der Waals surface area contributed by atoms with Crippen LogP contribution in [0.25, 0.3) is 6.08 Å². The number of nitrogens with zero attached hydrogens (tertiary/aromatic N) is 1. The van der Waals surface area contributed by atoms with Gasteiger partial charge in [-0.25, -0.2) is 4.39 Å². The van der Waals surface area contributed by atoms with Gasteiger partial charge < -0.3 is 9.64 Å². The molecule has 0 radical (unpaired) electrons. The van der Waals surface area contributed by atoms with Gasteiger partial charge >= 0.3 is 0 Å². The molecule has 0 aliphatic rings. The van der Waals surface area contributed by atoms with Gasteiger partial charge in [0, 0.05) is 24.2 Å². The standard InChI is InChI=1S/C25H24FNO2/c1-29-24-12-6-5-10-21(24)11-7-19-27(23-16-14-22(26)15-17-23)25(28)18-13-20-8-3-2-4-9-20/h2-12,14-17H,13,18-19H2,1H3/b11-7+. The van der Waals surface area contributed by atoms with Crippen molar-refractivity contribution in [3.05, 3.63) is 102 Å². The van der Waals surface area contributed by atoms with E-state index in [1.54, 1.807) is 24.1 Å². The Kier molecular flexibility index (Phi) is 7.17. The first kappa shape index (κ1) is 20.3. The van der Waals surface area contributed by atoms with E-state index in [1.165, 1.54) is 12.1 Å². The Labute approximate surface area is 171 Å². The summed E-state index contributed by atoms with van der Waals surface area (Å²) in [7, 11) is 1.63. The van der Waals surface area contributed by atoms with Crippen molar-refractivity contribution < 1.29 is 13.9 Å². The predicted molar refractivity (Wildman–Crippen MR) is 116 cm³/mol. The molecule has 3 aromatic carbocycles. The van der Waals surface area contributed by atoms with Gasteiger partial charge in [-0.2, -0.15) is 0 Å². The lowest BCUT2D eigenvalue weighted by Crippen LogP contribution is -2.31. The first-order chi connectivity index (χ1) is 14.2. The molecule has 0 N–H and O–H groups in total. The number of para-hydroxylation sites is 1. The number of rotatable bonds is 8. The molecule has 4 heteroatoms. The fraction of sp³-hybridized carbons (Fsp3) is 0.160. The summed E-state index contributed by atoms with van der Waals surface area (Å²) in [6.45, 7) is 0.386. The molecular weight excluding hydrogens is 365 g/mol. The van der Waals surface area contributed by atoms with E-state index in [2.05, 4.69) is 0 Å². The maximum absolute atomic E-state index is 13.3. The van der Waals surface area contributed by atoms with Crippen molar-refractivity contribution in [2.45, 2.75) is 12.8 Å². The maximum Gasteiger partial charge on any atom is 0.227 e. The number of aryl methyl sites for hydroxylation is 1. The van der Waals surface area contributed by atoms with Crippen molar-refractivity contribution in [3.63, 3.8) is 0 Å². The molecule has 3 rings (SSSR count). The zero-order chi connectivity index (χ0) is 20.5. The summed E-state index contributed by atoms with van der Waals surface area (Å²) in [5.41, 5.74) is 2.73. The van der Waals surface area contributed by atoms with Crippen LogP contribution < -0.4 is 9.64 Å². The van der Waals surface area contributed by atoms with E-state index in [9.17, 15) is 9.18 Å². The second kappa shape index (κ2) is 10.2. The average molecular weight is 389 g/mol. The summed E-state index contributed by atoms with van der Waals surface area (Å²) in [4.78, 5) is 14.6. The van der Waals surface area contributed by atoms with E-state index in [0.717, 1.165) is 16.9 Å². The number of carbonyl (C=O) groups excluding carboxylic acids is 1. The number of carbonyl (C=O) groups is 1. The van der Waals surface area contributed by atoms with E-state index in [1.807, 2.05) is 66.7 Å². The van der Waals surface area contributed by atoms with Gasteiger partial charge in [0.1, 0.15) is 11.6 Å². The Morgan fingerprint density at radius 3 is 2.38 bits per heavy atom. The molecular formula is C25H24FNO2. The number of ether oxygens (including phenoxy) is 1. The third kappa shape index (κ3) is 5.79. The minimum atomic E-state index is -0.324. The largest absolute Gasteiger partial charge is 0.496 e. The van der Waals surface area contributed by atoms with Crippen LogP contribution in [-0.2, 0) is 11.2 Å². The van der Waals surface area contributed by atoms with E-state index >= 15 is 0 Å². The van der Waals surface area contributed by atoms with Crippen LogP contribution in [0.15, 0.2) is 84.9 Å². The number of amides is 1. The zero-order valence-corrected chi connectivity index (χ0v) is 16.4. The van der Waals surface area contributed by atoms with E-state index in [4.69, 9.17) is 4.74 Å². The number of methoxy groups -OCH3 is 1. The summed E-state index contributed by atoms with van der Waals surface area (Å²) in [5, 5.41) is 0. The SMILES string of the molecule is COc1ccccc1/C=C/CN(C(=O)CCc1ccccc1)c1ccc(F)cc1. The lowest BCUT2D eigenvalue weighted by Gasteiger charge is -2.21. The Hall–Kier alpha value is -3.40. The summed E-state index contributed by atoms with van der Waals surface area (Å²) in [6, 6.07) is 23.6. The van der Waals surface area contributed by atoms with Crippen LogP contribution in [0.2, 0.25) is 0 Å². The van der Waals surface area contributed by atoms with E-state index in [-0.39, 0.29) is 11.7 Å². The topological polar surface area (TPSA) is 29.5 Å². The Bertz CT molecular complexity index is 952. The molecule has 0 aliphatic carbocycles. The van der Waals surface area contributed by atoms with Crippen LogP contribution in [0.1, 0.15) is 17.5 Å². The Morgan fingerprint density at radius 2 is 1.66 bits per heavy atom. The lowest BCUT2D eigenvalue weighted by atomic mass is 10.1. The molecule has 29 heavy (non-hydrogen) atoms. The molecule has 0 spiro atoms. The van der Waals surface area contributed by atoms with Gasteiger partial charge in [0.15, 0.2) is 0 Å². The highest BCUT2D eigenvalue weighted by Crippen LogP contribution is 2.20. The molecule has 3 nitrogen and oxygen atoms in total. The van der Waals surface area contributed by atoms with Gasteiger partial charge in [-0.15, -0.1) is 0 Å². The van der Waals surface area contributed by atoms with Gasteiger partial charge in [-0.1, -0.05) is 60.7 Å². The van der Waals surface area contributed by atoms with Crippen molar-refractivity contribution >= 4 is 17.7 Å². The van der Waals surface area contributed by atoms with Gasteiger partial charge in [0.25, 0.3) is 0 Å². The summed E-state index contributed by atoms with van der Waals surface area (Å²) < 4.78 is 18.7. The molecule has 0 atom stereocenters. The second-order valence-corrected chi connectivity index (χ2v) is 6.61. The average Bonchev–Trinajstić information content (AvgIpc) is 2.77. The second-order valence-electron chi connectivity index (χ2n) is 6.61. The van der Waals surface area contributed by atoms with Crippen LogP contribution in [-0.4, -0.2) is 19.6 Å². The molecule has 0 heterocycles. The molecule has 0 aliphatic heterocycles. The molecule has 0 unspecified atom stereocenters. The first-order valence-electron chi connectivity index (χ1n) is 9.57. The van der Waals surface area contributed by atoms with Gasteiger partial charge in [0.2, 0.25) is 5.91 Å². The third-order valence-electron chi connectivity index (χ3n) is 4.63. The van der Waals surface area contributed by atoms with Crippen LogP contribution in [0.4, 0.5) is 10.1 Å². The third-order valence-corrected chi connectivity index (χ3v) is 4.63. The minimum absolute atomic E-state index is 0.00913. The quantitative estimate of drug-likeness (QED) is 0.508. The van der Waals surface area contributed by atoms with E-state index in [0.29, 0.717) is 25.1 Å². The van der Waals surface area contributed by atoms with Crippen LogP contribution in [0, 0.1) is 5.82 Å². The molecule has 0 fully saturated rings. The molecule has 0 aromatic heterocycles. The normalized spacial score (nSPS) is 10.8. The highest BCUT2D eigenvalue weighted by molar-refractivity contribution is 5.93. The maximum atomic E-state index is 13.3. The summed E-state index contributed by atoms with van der Waals surface area (Å²) in [5.74, 6) is 0.438. The number of benzene rings is 3. The fourth-order valence-corrected chi connectivity index (χ4v) is 3.09. The van der Waals surface area contributed by atoms with Gasteiger partial charge in [0.05, 0.1) is 7.11 Å². The summed E-state index contributed by atoms with van der Waals surface area (Å²) >= 11 is 0. The zero-order valence-electron chi connectivity index (χ0n) is 16.4. The van der Waals surface area contributed by atoms with Crippen LogP contribution in [0.3, 0.4) is 0 Å². The molecule has 0 bridgehead atoms. The fourth-order valence-electron chi connectivity index (χ4n) is 3.09. The van der Waals surface area contributed by atoms with Crippen molar-refractivity contribution in [1.82, 2.24) is 0 Å². The van der Waals surface area contributed by atoms with Crippen molar-refractivity contribution in [2.75, 3.05) is 18.6 Å². The number of halogens is 1. The highest BCUT2D eigenvalue weighted by atomic mass is 19.1. The first-order valence-corrected chi connectivity index (χ1v) is 9.57. The van der Waals surface area contributed by atoms with Crippen molar-refractivity contribution in [2.24, 2.45) is 0 Å². The monoisotopic (exact) mass is 389 g/mol. The Balaban J connectivity index is 1.74. The predicted octanol–water partition coefficient (Wildman–Crippen LogP) is 5.51. The van der Waals surface area contributed by atoms with Crippen LogP contribution in [0.5, 0.6) is 5.75 Å². The molecule has 0 saturated carbocycles. The number of anilines is 1. The number of hydrogen-bond acceptors (Lipinski definition) is 2. The van der Waals surface area contributed by atoms with Crippen molar-refractivity contribution in [1.29, 1.82) is 0 Å². The molecule has 148 valence electrons. The lowest BCUT2D eigenvalue weighted by molar-refractivity contribution is -0.118. The highest BCUT2D eigenvalue weighted by Gasteiger charge is 2.14. The molecule has 1 amide bonds. The van der Waals surface area contributed by atoms with Gasteiger partial charge in [-0.3, -0.25) is 4.79 Å². The molecule has 0 saturated heterocycles. The molecule has 3 aromatic rings. The smallest absolute Gasteiger partial charge is 0.227 e. The Morgan fingerprint density at radius 1 is 0.966 bits per heavy atom. The number of hydrogen-bond donors (Lipinski definition) is 0. The van der Waals surface area contributed by atoms with Gasteiger partial charge in [-0.05, 0) is 42.3 Å². The van der Waals surface area contributed by atoms with Crippen LogP contribution >= 0.6 is 0 Å². The van der Waals surface area contributed by atoms with Crippen molar-refractivity contribution in [3.8, 4) is 5.75 Å².